The molecule has 0 bridgehead atoms. The number of hydrogen-bond acceptors (Lipinski definition) is 5. The third-order valence-corrected chi connectivity index (χ3v) is 5.40. The molecular formula is C23H18N2O6. The van der Waals surface area contributed by atoms with Crippen molar-refractivity contribution in [3.05, 3.63) is 99.6 Å². The quantitative estimate of drug-likeness (QED) is 0.480. The summed E-state index contributed by atoms with van der Waals surface area (Å²) in [4.78, 5) is 36.9. The Labute approximate surface area is 177 Å². The Morgan fingerprint density at radius 2 is 1.48 bits per heavy atom. The highest BCUT2D eigenvalue weighted by Gasteiger charge is 2.43. The lowest BCUT2D eigenvalue weighted by Gasteiger charge is -2.34. The summed E-state index contributed by atoms with van der Waals surface area (Å²) in [6.45, 7) is 0. The lowest BCUT2D eigenvalue weighted by Crippen LogP contribution is -2.41. The number of nitrogens with zero attached hydrogens (tertiary/aromatic N) is 2. The average Bonchev–Trinajstić information content (AvgIpc) is 3.11. The van der Waals surface area contributed by atoms with E-state index in [2.05, 4.69) is 0 Å². The Hall–Kier alpha value is -4.20. The average molecular weight is 418 g/mol. The first-order valence-electron chi connectivity index (χ1n) is 9.45. The van der Waals surface area contributed by atoms with E-state index in [0.717, 1.165) is 22.3 Å². The van der Waals surface area contributed by atoms with Gasteiger partial charge in [-0.2, -0.15) is 0 Å². The first kappa shape index (κ1) is 20.1. The molecule has 0 aromatic heterocycles. The second-order valence-corrected chi connectivity index (χ2v) is 7.04. The summed E-state index contributed by atoms with van der Waals surface area (Å²) in [5.74, 6) is -1.28. The summed E-state index contributed by atoms with van der Waals surface area (Å²) in [5, 5.41) is 21.1. The maximum atomic E-state index is 12.9. The van der Waals surface area contributed by atoms with Gasteiger partial charge in [-0.3, -0.25) is 15.0 Å². The van der Waals surface area contributed by atoms with E-state index in [1.807, 2.05) is 48.5 Å². The van der Waals surface area contributed by atoms with E-state index in [9.17, 15) is 24.8 Å². The van der Waals surface area contributed by atoms with Gasteiger partial charge in [0.15, 0.2) is 6.04 Å². The Morgan fingerprint density at radius 1 is 0.968 bits per heavy atom. The second-order valence-electron chi connectivity index (χ2n) is 7.04. The monoisotopic (exact) mass is 418 g/mol. The predicted molar refractivity (Wildman–Crippen MR) is 111 cm³/mol. The SMILES string of the molecule is COC(=O)N(C1c2ccccc2-c2ccccc21)[C@@H](C(=O)O)c1ccc([N+](=O)[O-])cc1. The molecule has 0 aliphatic heterocycles. The highest BCUT2D eigenvalue weighted by molar-refractivity contribution is 5.85. The number of carboxylic acid groups (broad SMARTS) is 1. The van der Waals surface area contributed by atoms with Crippen molar-refractivity contribution in [2.24, 2.45) is 0 Å². The van der Waals surface area contributed by atoms with Crippen LogP contribution in [-0.4, -0.2) is 34.1 Å². The molecule has 1 atom stereocenters. The number of non-ortho nitro benzene ring substituents is 1. The van der Waals surface area contributed by atoms with Gasteiger partial charge < -0.3 is 9.84 Å². The van der Waals surface area contributed by atoms with Crippen LogP contribution < -0.4 is 0 Å². The molecule has 0 fully saturated rings. The molecule has 1 amide bonds. The Kier molecular flexibility index (Phi) is 5.12. The van der Waals surface area contributed by atoms with Crippen molar-refractivity contribution < 1.29 is 24.4 Å². The van der Waals surface area contributed by atoms with Crippen LogP contribution in [0.25, 0.3) is 11.1 Å². The second kappa shape index (κ2) is 7.91. The van der Waals surface area contributed by atoms with Gasteiger partial charge in [-0.05, 0) is 39.9 Å². The molecule has 8 heteroatoms. The highest BCUT2D eigenvalue weighted by Crippen LogP contribution is 2.48. The predicted octanol–water partition coefficient (Wildman–Crippen LogP) is 4.56. The number of benzene rings is 3. The number of rotatable bonds is 5. The molecular weight excluding hydrogens is 400 g/mol. The number of hydrogen-bond donors (Lipinski definition) is 1. The summed E-state index contributed by atoms with van der Waals surface area (Å²) in [6.07, 6.45) is -0.817. The van der Waals surface area contributed by atoms with Gasteiger partial charge in [0.05, 0.1) is 18.1 Å². The van der Waals surface area contributed by atoms with Crippen molar-refractivity contribution in [3.8, 4) is 11.1 Å². The van der Waals surface area contributed by atoms with Gasteiger partial charge in [-0.15, -0.1) is 0 Å². The molecule has 3 aromatic rings. The smallest absolute Gasteiger partial charge is 0.411 e. The third-order valence-electron chi connectivity index (χ3n) is 5.40. The van der Waals surface area contributed by atoms with Crippen molar-refractivity contribution >= 4 is 17.7 Å². The fourth-order valence-corrected chi connectivity index (χ4v) is 4.09. The van der Waals surface area contributed by atoms with Crippen LogP contribution in [0.3, 0.4) is 0 Å². The number of carbonyl (C=O) groups is 2. The zero-order valence-electron chi connectivity index (χ0n) is 16.5. The number of carboxylic acids is 1. The van der Waals surface area contributed by atoms with E-state index in [-0.39, 0.29) is 11.3 Å². The summed E-state index contributed by atoms with van der Waals surface area (Å²) < 4.78 is 4.98. The van der Waals surface area contributed by atoms with Gasteiger partial charge in [0, 0.05) is 12.1 Å². The molecule has 1 aliphatic carbocycles. The number of fused-ring (bicyclic) bond motifs is 3. The first-order valence-corrected chi connectivity index (χ1v) is 9.45. The molecule has 1 aliphatic rings. The Morgan fingerprint density at radius 3 is 1.94 bits per heavy atom. The molecule has 1 N–H and O–H groups in total. The number of carbonyl (C=O) groups excluding carboxylic acids is 1. The normalized spacial score (nSPS) is 13.1. The van der Waals surface area contributed by atoms with Crippen LogP contribution in [0.1, 0.15) is 28.8 Å². The van der Waals surface area contributed by atoms with Crippen molar-refractivity contribution in [2.45, 2.75) is 12.1 Å². The van der Waals surface area contributed by atoms with Gasteiger partial charge in [0.2, 0.25) is 0 Å². The lowest BCUT2D eigenvalue weighted by atomic mass is 9.98. The molecule has 4 rings (SSSR count). The number of nitro benzene ring substituents is 1. The van der Waals surface area contributed by atoms with E-state index >= 15 is 0 Å². The largest absolute Gasteiger partial charge is 0.479 e. The van der Waals surface area contributed by atoms with Crippen LogP contribution in [-0.2, 0) is 9.53 Å². The van der Waals surface area contributed by atoms with Crippen LogP contribution in [0.15, 0.2) is 72.8 Å². The van der Waals surface area contributed by atoms with Crippen molar-refractivity contribution in [3.63, 3.8) is 0 Å². The van der Waals surface area contributed by atoms with Crippen LogP contribution >= 0.6 is 0 Å². The summed E-state index contributed by atoms with van der Waals surface area (Å²) in [6, 6.07) is 18.0. The molecule has 8 nitrogen and oxygen atoms in total. The van der Waals surface area contributed by atoms with Crippen molar-refractivity contribution in [1.29, 1.82) is 0 Å². The molecule has 0 radical (unpaired) electrons. The number of amides is 1. The minimum atomic E-state index is -1.42. The summed E-state index contributed by atoms with van der Waals surface area (Å²) in [7, 11) is 1.19. The molecule has 0 unspecified atom stereocenters. The van der Waals surface area contributed by atoms with Crippen LogP contribution in [0.5, 0.6) is 0 Å². The fourth-order valence-electron chi connectivity index (χ4n) is 4.09. The van der Waals surface area contributed by atoms with Crippen LogP contribution in [0.4, 0.5) is 10.5 Å². The van der Waals surface area contributed by atoms with Crippen LogP contribution in [0, 0.1) is 10.1 Å². The number of ether oxygens (including phenoxy) is 1. The van der Waals surface area contributed by atoms with E-state index in [0.29, 0.717) is 0 Å². The molecule has 0 spiro atoms. The van der Waals surface area contributed by atoms with Gasteiger partial charge in [-0.25, -0.2) is 9.59 Å². The number of methoxy groups -OCH3 is 1. The fraction of sp³-hybridized carbons (Fsp3) is 0.130. The molecule has 0 saturated heterocycles. The van der Waals surface area contributed by atoms with Crippen LogP contribution in [0.2, 0.25) is 0 Å². The standard InChI is InChI=1S/C23H18N2O6/c1-31-23(28)24(20(22(26)27)14-10-12-15(13-11-14)25(29)30)21-18-8-4-2-6-16(18)17-7-3-5-9-19(17)21/h2-13,20-21H,1H3,(H,26,27)/t20-/m1/s1. The van der Waals surface area contributed by atoms with Gasteiger partial charge in [-0.1, -0.05) is 48.5 Å². The zero-order chi connectivity index (χ0) is 22.1. The minimum Gasteiger partial charge on any atom is -0.479 e. The third kappa shape index (κ3) is 3.38. The van der Waals surface area contributed by atoms with E-state index in [4.69, 9.17) is 4.74 Å². The number of nitro groups is 1. The maximum absolute atomic E-state index is 12.9. The molecule has 0 saturated carbocycles. The molecule has 31 heavy (non-hydrogen) atoms. The summed E-state index contributed by atoms with van der Waals surface area (Å²) in [5.41, 5.74) is 3.43. The maximum Gasteiger partial charge on any atom is 0.411 e. The zero-order valence-corrected chi connectivity index (χ0v) is 16.5. The Bertz CT molecular complexity index is 1130. The molecule has 0 heterocycles. The lowest BCUT2D eigenvalue weighted by molar-refractivity contribution is -0.384. The van der Waals surface area contributed by atoms with E-state index < -0.39 is 29.1 Å². The topological polar surface area (TPSA) is 110 Å². The highest BCUT2D eigenvalue weighted by atomic mass is 16.6. The molecule has 3 aromatic carbocycles. The Balaban J connectivity index is 1.90. The van der Waals surface area contributed by atoms with Gasteiger partial charge in [0.1, 0.15) is 0 Å². The number of aliphatic carboxylic acids is 1. The van der Waals surface area contributed by atoms with E-state index in [1.165, 1.54) is 36.3 Å². The van der Waals surface area contributed by atoms with Gasteiger partial charge >= 0.3 is 12.1 Å². The van der Waals surface area contributed by atoms with Gasteiger partial charge in [0.25, 0.3) is 5.69 Å². The van der Waals surface area contributed by atoms with Crippen molar-refractivity contribution in [2.75, 3.05) is 7.11 Å². The van der Waals surface area contributed by atoms with Crippen molar-refractivity contribution in [1.82, 2.24) is 4.90 Å². The summed E-state index contributed by atoms with van der Waals surface area (Å²) >= 11 is 0. The molecule has 156 valence electrons. The minimum absolute atomic E-state index is 0.172. The van der Waals surface area contributed by atoms with E-state index in [1.54, 1.807) is 0 Å². The first-order chi connectivity index (χ1) is 14.9.